The van der Waals surface area contributed by atoms with Crippen LogP contribution in [0.4, 0.5) is 10.2 Å². The maximum atomic E-state index is 13.4. The zero-order valence-electron chi connectivity index (χ0n) is 9.93. The third-order valence-electron chi connectivity index (χ3n) is 2.51. The van der Waals surface area contributed by atoms with Gasteiger partial charge in [-0.3, -0.25) is 0 Å². The predicted octanol–water partition coefficient (Wildman–Crippen LogP) is 3.68. The molecule has 90 valence electrons. The van der Waals surface area contributed by atoms with E-state index in [1.807, 2.05) is 0 Å². The van der Waals surface area contributed by atoms with Crippen molar-refractivity contribution < 1.29 is 4.39 Å². The first-order valence-corrected chi connectivity index (χ1v) is 5.91. The van der Waals surface area contributed by atoms with E-state index in [0.29, 0.717) is 11.7 Å². The van der Waals surface area contributed by atoms with Crippen LogP contribution in [0.2, 0.25) is 0 Å². The molecule has 0 aliphatic carbocycles. The molecule has 0 aliphatic rings. The maximum absolute atomic E-state index is 13.4. The Balaban J connectivity index is 2.80. The number of rotatable bonds is 4. The minimum absolute atomic E-state index is 0.0127. The smallest absolute Gasteiger partial charge is 0.165 e. The molecule has 0 spiro atoms. The fourth-order valence-corrected chi connectivity index (χ4v) is 1.71. The first-order valence-electron chi connectivity index (χ1n) is 5.38. The Labute approximate surface area is 101 Å². The SMILES string of the molecule is CC(C)(C)C(CCCl)Nc1ncccc1F. The molecule has 1 heterocycles. The molecular weight excluding hydrogens is 227 g/mol. The largest absolute Gasteiger partial charge is 0.364 e. The number of halogens is 2. The van der Waals surface area contributed by atoms with E-state index in [0.717, 1.165) is 6.42 Å². The van der Waals surface area contributed by atoms with Crippen LogP contribution in [-0.2, 0) is 0 Å². The van der Waals surface area contributed by atoms with Crippen molar-refractivity contribution in [1.82, 2.24) is 4.98 Å². The van der Waals surface area contributed by atoms with Gasteiger partial charge in [-0.2, -0.15) is 0 Å². The molecule has 1 rings (SSSR count). The van der Waals surface area contributed by atoms with Crippen molar-refractivity contribution in [1.29, 1.82) is 0 Å². The Bertz CT molecular complexity index is 336. The zero-order chi connectivity index (χ0) is 12.2. The van der Waals surface area contributed by atoms with Crippen LogP contribution in [0.25, 0.3) is 0 Å². The molecule has 0 amide bonds. The summed E-state index contributed by atoms with van der Waals surface area (Å²) >= 11 is 5.75. The van der Waals surface area contributed by atoms with Gasteiger partial charge in [-0.05, 0) is 24.0 Å². The van der Waals surface area contributed by atoms with Gasteiger partial charge in [-0.15, -0.1) is 11.6 Å². The number of alkyl halides is 1. The Morgan fingerprint density at radius 3 is 2.69 bits per heavy atom. The number of nitrogens with zero attached hydrogens (tertiary/aromatic N) is 1. The molecule has 0 aliphatic heterocycles. The first kappa shape index (κ1) is 13.2. The van der Waals surface area contributed by atoms with Crippen LogP contribution in [-0.4, -0.2) is 16.9 Å². The molecule has 0 saturated heterocycles. The number of nitrogens with one attached hydrogen (secondary N) is 1. The summed E-state index contributed by atoms with van der Waals surface area (Å²) in [6.07, 6.45) is 2.35. The monoisotopic (exact) mass is 244 g/mol. The van der Waals surface area contributed by atoms with E-state index in [1.165, 1.54) is 6.07 Å². The van der Waals surface area contributed by atoms with E-state index < -0.39 is 0 Å². The molecule has 1 aromatic heterocycles. The van der Waals surface area contributed by atoms with E-state index in [-0.39, 0.29) is 17.3 Å². The molecule has 1 aromatic rings. The van der Waals surface area contributed by atoms with Crippen LogP contribution in [0, 0.1) is 11.2 Å². The van der Waals surface area contributed by atoms with Crippen LogP contribution in [0.5, 0.6) is 0 Å². The normalized spacial score (nSPS) is 13.6. The standard InChI is InChI=1S/C12H18ClFN2/c1-12(2,3)10(6-7-13)16-11-9(14)5-4-8-15-11/h4-5,8,10H,6-7H2,1-3H3,(H,15,16). The molecule has 0 bridgehead atoms. The molecule has 1 atom stereocenters. The summed E-state index contributed by atoms with van der Waals surface area (Å²) in [7, 11) is 0. The van der Waals surface area contributed by atoms with Crippen molar-refractivity contribution in [2.75, 3.05) is 11.2 Å². The highest BCUT2D eigenvalue weighted by molar-refractivity contribution is 6.17. The molecule has 2 nitrogen and oxygen atoms in total. The lowest BCUT2D eigenvalue weighted by molar-refractivity contribution is 0.333. The quantitative estimate of drug-likeness (QED) is 0.818. The van der Waals surface area contributed by atoms with Crippen molar-refractivity contribution in [2.24, 2.45) is 5.41 Å². The van der Waals surface area contributed by atoms with Gasteiger partial charge in [0.2, 0.25) is 0 Å². The van der Waals surface area contributed by atoms with Crippen LogP contribution in [0.3, 0.4) is 0 Å². The van der Waals surface area contributed by atoms with Gasteiger partial charge in [0.05, 0.1) is 0 Å². The summed E-state index contributed by atoms with van der Waals surface area (Å²) < 4.78 is 13.4. The number of hydrogen-bond acceptors (Lipinski definition) is 2. The average molecular weight is 245 g/mol. The molecule has 1 N–H and O–H groups in total. The van der Waals surface area contributed by atoms with Gasteiger partial charge in [-0.25, -0.2) is 9.37 Å². The van der Waals surface area contributed by atoms with E-state index in [4.69, 9.17) is 11.6 Å². The van der Waals surface area contributed by atoms with Crippen LogP contribution >= 0.6 is 11.6 Å². The maximum Gasteiger partial charge on any atom is 0.165 e. The average Bonchev–Trinajstić information content (AvgIpc) is 2.19. The van der Waals surface area contributed by atoms with Crippen molar-refractivity contribution >= 4 is 17.4 Å². The van der Waals surface area contributed by atoms with Gasteiger partial charge in [0.25, 0.3) is 0 Å². The lowest BCUT2D eigenvalue weighted by Gasteiger charge is -2.31. The molecule has 1 unspecified atom stereocenters. The number of hydrogen-bond donors (Lipinski definition) is 1. The predicted molar refractivity (Wildman–Crippen MR) is 66.4 cm³/mol. The van der Waals surface area contributed by atoms with Gasteiger partial charge in [-0.1, -0.05) is 20.8 Å². The molecular formula is C12H18ClFN2. The third-order valence-corrected chi connectivity index (χ3v) is 2.73. The lowest BCUT2D eigenvalue weighted by atomic mass is 9.85. The highest BCUT2D eigenvalue weighted by Gasteiger charge is 2.24. The Hall–Kier alpha value is -0.830. The molecule has 0 fully saturated rings. The topological polar surface area (TPSA) is 24.9 Å². The van der Waals surface area contributed by atoms with Gasteiger partial charge >= 0.3 is 0 Å². The zero-order valence-corrected chi connectivity index (χ0v) is 10.7. The molecule has 16 heavy (non-hydrogen) atoms. The van der Waals surface area contributed by atoms with Gasteiger partial charge in [0.15, 0.2) is 11.6 Å². The highest BCUT2D eigenvalue weighted by Crippen LogP contribution is 2.26. The first-order chi connectivity index (χ1) is 7.45. The van der Waals surface area contributed by atoms with Crippen LogP contribution < -0.4 is 5.32 Å². The van der Waals surface area contributed by atoms with Crippen molar-refractivity contribution in [3.05, 3.63) is 24.1 Å². The van der Waals surface area contributed by atoms with Crippen LogP contribution in [0.15, 0.2) is 18.3 Å². The number of aromatic nitrogens is 1. The second-order valence-electron chi connectivity index (χ2n) is 4.87. The second-order valence-corrected chi connectivity index (χ2v) is 5.25. The highest BCUT2D eigenvalue weighted by atomic mass is 35.5. The minimum atomic E-state index is -0.327. The van der Waals surface area contributed by atoms with E-state index in [9.17, 15) is 4.39 Å². The van der Waals surface area contributed by atoms with E-state index >= 15 is 0 Å². The summed E-state index contributed by atoms with van der Waals surface area (Å²) in [4.78, 5) is 3.98. The fourth-order valence-electron chi connectivity index (χ4n) is 1.49. The number of pyridine rings is 1. The molecule has 0 saturated carbocycles. The van der Waals surface area contributed by atoms with E-state index in [1.54, 1.807) is 12.3 Å². The van der Waals surface area contributed by atoms with Gasteiger partial charge < -0.3 is 5.32 Å². The van der Waals surface area contributed by atoms with Crippen molar-refractivity contribution in [3.63, 3.8) is 0 Å². The van der Waals surface area contributed by atoms with Crippen LogP contribution in [0.1, 0.15) is 27.2 Å². The summed E-state index contributed by atoms with van der Waals surface area (Å²) in [6, 6.07) is 3.08. The van der Waals surface area contributed by atoms with Gasteiger partial charge in [0, 0.05) is 18.1 Å². The number of anilines is 1. The summed E-state index contributed by atoms with van der Waals surface area (Å²) in [5, 5.41) is 3.12. The summed E-state index contributed by atoms with van der Waals surface area (Å²) in [6.45, 7) is 6.29. The third kappa shape index (κ3) is 3.63. The molecule has 0 radical (unpaired) electrons. The van der Waals surface area contributed by atoms with Crippen molar-refractivity contribution in [2.45, 2.75) is 33.2 Å². The fraction of sp³-hybridized carbons (Fsp3) is 0.583. The Kier molecular flexibility index (Phi) is 4.54. The molecule has 0 aromatic carbocycles. The summed E-state index contributed by atoms with van der Waals surface area (Å²) in [5.41, 5.74) is 0.0127. The van der Waals surface area contributed by atoms with E-state index in [2.05, 4.69) is 31.1 Å². The van der Waals surface area contributed by atoms with Crippen molar-refractivity contribution in [3.8, 4) is 0 Å². The summed E-state index contributed by atoms with van der Waals surface area (Å²) in [5.74, 6) is 0.516. The van der Waals surface area contributed by atoms with Gasteiger partial charge in [0.1, 0.15) is 0 Å². The molecule has 4 heteroatoms. The lowest BCUT2D eigenvalue weighted by Crippen LogP contribution is -2.35. The Morgan fingerprint density at radius 1 is 1.50 bits per heavy atom. The minimum Gasteiger partial charge on any atom is -0.364 e. The second kappa shape index (κ2) is 5.48. The Morgan fingerprint density at radius 2 is 2.19 bits per heavy atom.